The van der Waals surface area contributed by atoms with E-state index in [9.17, 15) is 0 Å². The molecule has 0 saturated heterocycles. The van der Waals surface area contributed by atoms with Gasteiger partial charge in [0, 0.05) is 6.42 Å². The summed E-state index contributed by atoms with van der Waals surface area (Å²) in [6.45, 7) is 3.57. The van der Waals surface area contributed by atoms with Gasteiger partial charge in [-0.1, -0.05) is 6.08 Å². The second kappa shape index (κ2) is 2.91. The Balaban J connectivity index is 2.72. The van der Waals surface area contributed by atoms with Gasteiger partial charge in [0.25, 0.3) is 0 Å². The summed E-state index contributed by atoms with van der Waals surface area (Å²) in [4.78, 5) is 0. The molecule has 0 aliphatic rings. The molecule has 0 unspecified atom stereocenters. The van der Waals surface area contributed by atoms with Crippen molar-refractivity contribution >= 4 is 0 Å². The first kappa shape index (κ1) is 5.88. The second-order valence-corrected chi connectivity index (χ2v) is 1.60. The van der Waals surface area contributed by atoms with Gasteiger partial charge >= 0.3 is 0 Å². The van der Waals surface area contributed by atoms with Gasteiger partial charge in [-0.25, -0.2) is 0 Å². The van der Waals surface area contributed by atoms with Gasteiger partial charge in [-0.3, -0.25) is 0 Å². The van der Waals surface area contributed by atoms with Crippen LogP contribution in [0.5, 0.6) is 0 Å². The third-order valence-corrected chi connectivity index (χ3v) is 0.912. The molecule has 0 saturated carbocycles. The van der Waals surface area contributed by atoms with E-state index < -0.39 is 0 Å². The van der Waals surface area contributed by atoms with Crippen molar-refractivity contribution in [3.05, 3.63) is 30.6 Å². The van der Waals surface area contributed by atoms with E-state index in [-0.39, 0.29) is 0 Å². The summed E-state index contributed by atoms with van der Waals surface area (Å²) in [5, 5.41) is 10.7. The first-order valence-electron chi connectivity index (χ1n) is 2.67. The molecule has 0 spiro atoms. The fourth-order valence-electron chi connectivity index (χ4n) is 0.523. The molecule has 0 aliphatic heterocycles. The Morgan fingerprint density at radius 3 is 3.11 bits per heavy atom. The molecular weight excluding hydrogens is 114 g/mol. The quantitative estimate of drug-likeness (QED) is 0.538. The Labute approximate surface area is 53.4 Å². The van der Waals surface area contributed by atoms with E-state index in [0.29, 0.717) is 0 Å². The Morgan fingerprint density at radius 2 is 2.56 bits per heavy atom. The molecule has 0 bridgehead atoms. The van der Waals surface area contributed by atoms with E-state index in [0.717, 1.165) is 12.1 Å². The first-order valence-corrected chi connectivity index (χ1v) is 2.67. The molecule has 0 radical (unpaired) electrons. The lowest BCUT2D eigenvalue weighted by Crippen LogP contribution is -1.91. The molecule has 9 heavy (non-hydrogen) atoms. The number of aromatic nitrogens is 3. The van der Waals surface area contributed by atoms with E-state index in [1.165, 1.54) is 0 Å². The molecule has 0 N–H and O–H groups in total. The second-order valence-electron chi connectivity index (χ2n) is 1.60. The fourth-order valence-corrected chi connectivity index (χ4v) is 0.523. The van der Waals surface area contributed by atoms with Crippen LogP contribution in [0.1, 0.15) is 5.69 Å². The number of nitrogens with zero attached hydrogens (tertiary/aromatic N) is 3. The van der Waals surface area contributed by atoms with Gasteiger partial charge < -0.3 is 0 Å². The Morgan fingerprint density at radius 1 is 1.67 bits per heavy atom. The molecule has 46 valence electrons. The van der Waals surface area contributed by atoms with Crippen molar-refractivity contribution in [2.24, 2.45) is 0 Å². The van der Waals surface area contributed by atoms with Crippen LogP contribution in [0.25, 0.3) is 0 Å². The third-order valence-electron chi connectivity index (χ3n) is 0.912. The highest BCUT2D eigenvalue weighted by molar-refractivity contribution is 4.99. The minimum Gasteiger partial charge on any atom is -0.139 e. The molecule has 1 aromatic rings. The van der Waals surface area contributed by atoms with Crippen LogP contribution < -0.4 is 0 Å². The summed E-state index contributed by atoms with van der Waals surface area (Å²) in [7, 11) is 0. The van der Waals surface area contributed by atoms with Crippen molar-refractivity contribution in [2.75, 3.05) is 0 Å². The maximum absolute atomic E-state index is 3.74. The molecule has 3 heteroatoms. The zero-order valence-corrected chi connectivity index (χ0v) is 4.99. The average Bonchev–Trinajstić information content (AvgIpc) is 1.91. The van der Waals surface area contributed by atoms with Gasteiger partial charge in [0.05, 0.1) is 11.9 Å². The summed E-state index contributed by atoms with van der Waals surface area (Å²) >= 11 is 0. The predicted octanol–water partition coefficient (Wildman–Crippen LogP) is 0.600. The first-order chi connectivity index (χ1) is 4.43. The van der Waals surface area contributed by atoms with E-state index in [1.54, 1.807) is 12.3 Å². The monoisotopic (exact) mass is 121 g/mol. The summed E-state index contributed by atoms with van der Waals surface area (Å²) in [6.07, 6.45) is 4.16. The van der Waals surface area contributed by atoms with Gasteiger partial charge in [-0.2, -0.15) is 0 Å². The van der Waals surface area contributed by atoms with E-state index in [4.69, 9.17) is 0 Å². The van der Waals surface area contributed by atoms with Crippen LogP contribution in [-0.2, 0) is 6.42 Å². The summed E-state index contributed by atoms with van der Waals surface area (Å²) < 4.78 is 0. The van der Waals surface area contributed by atoms with Gasteiger partial charge in [-0.05, 0) is 11.3 Å². The molecule has 1 rings (SSSR count). The minimum absolute atomic E-state index is 0.759. The van der Waals surface area contributed by atoms with Crippen LogP contribution in [0.15, 0.2) is 24.9 Å². The molecule has 0 aliphatic carbocycles. The van der Waals surface area contributed by atoms with E-state index >= 15 is 0 Å². The Bertz CT molecular complexity index is 183. The van der Waals surface area contributed by atoms with Gasteiger partial charge in [0.2, 0.25) is 0 Å². The smallest absolute Gasteiger partial charge is 0.0702 e. The van der Waals surface area contributed by atoms with Crippen molar-refractivity contribution in [1.82, 2.24) is 15.4 Å². The fraction of sp³-hybridized carbons (Fsp3) is 0.167. The maximum atomic E-state index is 3.74. The highest BCUT2D eigenvalue weighted by Crippen LogP contribution is 1.89. The van der Waals surface area contributed by atoms with Crippen LogP contribution in [0.2, 0.25) is 0 Å². The van der Waals surface area contributed by atoms with Crippen LogP contribution in [0.4, 0.5) is 0 Å². The highest BCUT2D eigenvalue weighted by atomic mass is 15.3. The van der Waals surface area contributed by atoms with Gasteiger partial charge in [-0.15, -0.1) is 16.8 Å². The topological polar surface area (TPSA) is 38.7 Å². The zero-order chi connectivity index (χ0) is 6.53. The lowest BCUT2D eigenvalue weighted by Gasteiger charge is -1.87. The van der Waals surface area contributed by atoms with E-state index in [2.05, 4.69) is 22.0 Å². The molecule has 1 aromatic heterocycles. The van der Waals surface area contributed by atoms with Gasteiger partial charge in [0.15, 0.2) is 0 Å². The third kappa shape index (κ3) is 1.60. The van der Waals surface area contributed by atoms with Crippen molar-refractivity contribution in [2.45, 2.75) is 6.42 Å². The van der Waals surface area contributed by atoms with E-state index in [1.807, 2.05) is 6.07 Å². The average molecular weight is 121 g/mol. The lowest BCUT2D eigenvalue weighted by molar-refractivity contribution is 0.825. The van der Waals surface area contributed by atoms with Crippen LogP contribution in [0, 0.1) is 0 Å². The SMILES string of the molecule is C=CCc1ccnnn1. The lowest BCUT2D eigenvalue weighted by atomic mass is 10.3. The normalized spacial score (nSPS) is 8.89. The largest absolute Gasteiger partial charge is 0.139 e. The van der Waals surface area contributed by atoms with Gasteiger partial charge in [0.1, 0.15) is 0 Å². The molecule has 3 nitrogen and oxygen atoms in total. The van der Waals surface area contributed by atoms with Crippen LogP contribution in [0.3, 0.4) is 0 Å². The molecule has 0 amide bonds. The van der Waals surface area contributed by atoms with Crippen LogP contribution >= 0.6 is 0 Å². The zero-order valence-electron chi connectivity index (χ0n) is 4.99. The molecular formula is C6H7N3. The maximum Gasteiger partial charge on any atom is 0.0702 e. The minimum atomic E-state index is 0.759. The summed E-state index contributed by atoms with van der Waals surface area (Å²) in [5.74, 6) is 0. The number of rotatable bonds is 2. The Kier molecular flexibility index (Phi) is 1.90. The van der Waals surface area contributed by atoms with Crippen LogP contribution in [-0.4, -0.2) is 15.4 Å². The molecule has 1 heterocycles. The predicted molar refractivity (Wildman–Crippen MR) is 33.7 cm³/mol. The molecule has 0 fully saturated rings. The number of allylic oxidation sites excluding steroid dienone is 1. The number of hydrogen-bond donors (Lipinski definition) is 0. The van der Waals surface area contributed by atoms with Crippen molar-refractivity contribution in [1.29, 1.82) is 0 Å². The molecule has 0 aromatic carbocycles. The number of hydrogen-bond acceptors (Lipinski definition) is 3. The summed E-state index contributed by atoms with van der Waals surface area (Å²) in [5.41, 5.74) is 0.903. The summed E-state index contributed by atoms with van der Waals surface area (Å²) in [6, 6.07) is 1.81. The van der Waals surface area contributed by atoms with Crippen molar-refractivity contribution < 1.29 is 0 Å². The molecule has 0 atom stereocenters. The standard InChI is InChI=1S/C6H7N3/c1-2-3-6-4-5-7-9-8-6/h2,4-5H,1,3H2. The van der Waals surface area contributed by atoms with Crippen molar-refractivity contribution in [3.8, 4) is 0 Å². The van der Waals surface area contributed by atoms with Crippen molar-refractivity contribution in [3.63, 3.8) is 0 Å². The Hall–Kier alpha value is -1.25. The highest BCUT2D eigenvalue weighted by Gasteiger charge is 1.86.